The van der Waals surface area contributed by atoms with E-state index >= 15 is 0 Å². The predicted octanol–water partition coefficient (Wildman–Crippen LogP) is -5.90. The minimum atomic E-state index is -2.71. The van der Waals surface area contributed by atoms with Crippen LogP contribution in [0.5, 0.6) is 0 Å². The highest BCUT2D eigenvalue weighted by molar-refractivity contribution is 5.76. The van der Waals surface area contributed by atoms with Crippen molar-refractivity contribution in [2.24, 2.45) is 0 Å². The van der Waals surface area contributed by atoms with Crippen LogP contribution >= 0.6 is 0 Å². The Balaban J connectivity index is 2.25. The van der Waals surface area contributed by atoms with Crippen LogP contribution in [-0.2, 0) is 28.6 Å². The van der Waals surface area contributed by atoms with Gasteiger partial charge in [-0.15, -0.1) is 0 Å². The Kier molecular flexibility index (Phi) is 9.88. The largest absolute Gasteiger partial charge is 0.477 e. The number of aliphatic carboxylic acids is 1. The average Bonchev–Trinajstić information content (AvgIpc) is 2.78. The van der Waals surface area contributed by atoms with Crippen molar-refractivity contribution >= 4 is 17.8 Å². The molecule has 202 valence electrons. The van der Waals surface area contributed by atoms with E-state index in [1.165, 1.54) is 0 Å². The van der Waals surface area contributed by atoms with Gasteiger partial charge in [0.1, 0.15) is 42.7 Å². The number of carboxylic acids is 1. The zero-order valence-corrected chi connectivity index (χ0v) is 18.9. The molecule has 2 heterocycles. The summed E-state index contributed by atoms with van der Waals surface area (Å²) in [6.45, 7) is 0.409. The van der Waals surface area contributed by atoms with Crippen LogP contribution in [0.15, 0.2) is 0 Å². The number of hydrogen-bond acceptors (Lipinski definition) is 13. The summed E-state index contributed by atoms with van der Waals surface area (Å²) < 4.78 is 15.9. The van der Waals surface area contributed by atoms with Crippen LogP contribution in [0, 0.1) is 0 Å². The van der Waals surface area contributed by atoms with Crippen molar-refractivity contribution in [2.75, 3.05) is 13.2 Å². The van der Waals surface area contributed by atoms with Gasteiger partial charge in [0.05, 0.1) is 25.4 Å². The van der Waals surface area contributed by atoms with Crippen molar-refractivity contribution < 1.29 is 69.4 Å². The molecule has 2 rings (SSSR count). The smallest absolute Gasteiger partial charge is 0.364 e. The molecule has 16 heteroatoms. The van der Waals surface area contributed by atoms with Gasteiger partial charge >= 0.3 is 5.97 Å². The molecule has 2 saturated heterocycles. The number of amides is 2. The van der Waals surface area contributed by atoms with Gasteiger partial charge in [-0.3, -0.25) is 9.59 Å². The fourth-order valence-electron chi connectivity index (χ4n) is 3.97. The number of hydrogen-bond donors (Lipinski definition) is 10. The molecule has 0 aliphatic carbocycles. The van der Waals surface area contributed by atoms with E-state index in [2.05, 4.69) is 10.6 Å². The van der Waals surface area contributed by atoms with Crippen molar-refractivity contribution in [1.29, 1.82) is 0 Å². The molecule has 0 aromatic heterocycles. The Bertz CT molecular complexity index is 770. The lowest BCUT2D eigenvalue weighted by molar-refractivity contribution is -0.328. The Morgan fingerprint density at radius 1 is 1.03 bits per heavy atom. The summed E-state index contributed by atoms with van der Waals surface area (Å²) in [5, 5.41) is 84.9. The number of ether oxygens (including phenoxy) is 3. The van der Waals surface area contributed by atoms with Crippen LogP contribution in [-0.4, -0.2) is 139 Å². The number of nitrogens with one attached hydrogen (secondary N) is 2. The maximum absolute atomic E-state index is 12.1. The lowest BCUT2D eigenvalue weighted by atomic mass is 9.88. The average molecular weight is 512 g/mol. The molecule has 0 saturated carbocycles. The SMILES string of the molecule is CC(=O)N[C@@H]1[C@@H](O)[C@@H](O)[C@@H](CO[C@@]2(C(=O)O)C[C@H](O)[C@@H](NC(C)=O)[C@H]([C@H](O)[C@H](O)CO)O2)O[C@H]1O. The molecule has 16 nitrogen and oxygen atoms in total. The van der Waals surface area contributed by atoms with Crippen molar-refractivity contribution in [3.05, 3.63) is 0 Å². The first-order valence-electron chi connectivity index (χ1n) is 10.7. The summed E-state index contributed by atoms with van der Waals surface area (Å²) >= 11 is 0. The Hall–Kier alpha value is -1.99. The number of carboxylic acid groups (broad SMARTS) is 1. The zero-order chi connectivity index (χ0) is 26.7. The molecule has 0 unspecified atom stereocenters. The third-order valence-electron chi connectivity index (χ3n) is 5.76. The highest BCUT2D eigenvalue weighted by Crippen LogP contribution is 2.34. The number of carbonyl (C=O) groups is 3. The lowest BCUT2D eigenvalue weighted by Crippen LogP contribution is -2.68. The quantitative estimate of drug-likeness (QED) is 0.138. The van der Waals surface area contributed by atoms with Crippen LogP contribution < -0.4 is 10.6 Å². The molecule has 2 aliphatic heterocycles. The number of rotatable bonds is 9. The van der Waals surface area contributed by atoms with Crippen molar-refractivity contribution in [2.45, 2.75) is 87.2 Å². The van der Waals surface area contributed by atoms with E-state index < -0.39 is 104 Å². The summed E-state index contributed by atoms with van der Waals surface area (Å²) in [5.74, 6) is -5.80. The summed E-state index contributed by atoms with van der Waals surface area (Å²) in [6, 6.07) is -2.80. The fourth-order valence-corrected chi connectivity index (χ4v) is 3.97. The highest BCUT2D eigenvalue weighted by atomic mass is 16.7. The molecule has 0 aromatic carbocycles. The number of carbonyl (C=O) groups excluding carboxylic acids is 2. The van der Waals surface area contributed by atoms with E-state index in [-0.39, 0.29) is 0 Å². The molecule has 0 spiro atoms. The molecule has 10 N–H and O–H groups in total. The van der Waals surface area contributed by atoms with Crippen LogP contribution in [0.1, 0.15) is 20.3 Å². The summed E-state index contributed by atoms with van der Waals surface area (Å²) in [6.07, 6.45) is -14.9. The lowest BCUT2D eigenvalue weighted by Gasteiger charge is -2.47. The van der Waals surface area contributed by atoms with Crippen LogP contribution in [0.4, 0.5) is 0 Å². The minimum absolute atomic E-state index is 0.628. The minimum Gasteiger partial charge on any atom is -0.477 e. The van der Waals surface area contributed by atoms with Gasteiger partial charge in [-0.1, -0.05) is 0 Å². The molecule has 2 fully saturated rings. The summed E-state index contributed by atoms with van der Waals surface area (Å²) in [5.41, 5.74) is 0. The van der Waals surface area contributed by atoms with E-state index in [1.807, 2.05) is 0 Å². The van der Waals surface area contributed by atoms with Crippen molar-refractivity contribution in [3.8, 4) is 0 Å². The van der Waals surface area contributed by atoms with Gasteiger partial charge < -0.3 is 65.7 Å². The maximum Gasteiger partial charge on any atom is 0.364 e. The van der Waals surface area contributed by atoms with E-state index in [0.717, 1.165) is 13.8 Å². The first-order valence-corrected chi connectivity index (χ1v) is 10.7. The number of aliphatic hydroxyl groups is 7. The topological polar surface area (TPSA) is 265 Å². The Morgan fingerprint density at radius 2 is 1.60 bits per heavy atom. The van der Waals surface area contributed by atoms with Gasteiger partial charge in [0.2, 0.25) is 11.8 Å². The predicted molar refractivity (Wildman–Crippen MR) is 109 cm³/mol. The molecule has 35 heavy (non-hydrogen) atoms. The van der Waals surface area contributed by atoms with Gasteiger partial charge in [-0.25, -0.2) is 4.79 Å². The van der Waals surface area contributed by atoms with Gasteiger partial charge in [-0.2, -0.15) is 0 Å². The Labute approximate surface area is 199 Å². The second-order valence-electron chi connectivity index (χ2n) is 8.46. The van der Waals surface area contributed by atoms with Gasteiger partial charge in [0.15, 0.2) is 6.29 Å². The fraction of sp³-hybridized carbons (Fsp3) is 0.842. The summed E-state index contributed by atoms with van der Waals surface area (Å²) in [7, 11) is 0. The van der Waals surface area contributed by atoms with E-state index in [1.54, 1.807) is 0 Å². The molecular weight excluding hydrogens is 480 g/mol. The standard InChI is InChI=1S/C19H32N2O14/c1-6(23)20-11-8(25)3-19(18(31)32,35-16(11)13(27)9(26)4-22)33-5-10-14(28)15(29)12(17(30)34-10)21-7(2)24/h8-17,22,25-30H,3-5H2,1-2H3,(H,20,23)(H,21,24)(H,31,32)/t8-,9+,10+,11+,12+,13+,14-,15+,16+,17+,19-/m0/s1. The first-order chi connectivity index (χ1) is 16.2. The van der Waals surface area contributed by atoms with Crippen LogP contribution in [0.25, 0.3) is 0 Å². The van der Waals surface area contributed by atoms with Gasteiger partial charge in [0, 0.05) is 20.3 Å². The summed E-state index contributed by atoms with van der Waals surface area (Å²) in [4.78, 5) is 34.9. The van der Waals surface area contributed by atoms with E-state index in [9.17, 15) is 50.1 Å². The van der Waals surface area contributed by atoms with Gasteiger partial charge in [-0.05, 0) is 0 Å². The van der Waals surface area contributed by atoms with Gasteiger partial charge in [0.25, 0.3) is 5.79 Å². The van der Waals surface area contributed by atoms with Crippen molar-refractivity contribution in [3.63, 3.8) is 0 Å². The van der Waals surface area contributed by atoms with Crippen LogP contribution in [0.3, 0.4) is 0 Å². The normalized spacial score (nSPS) is 39.3. The molecule has 2 aliphatic rings. The number of aliphatic hydroxyl groups excluding tert-OH is 7. The maximum atomic E-state index is 12.1. The molecular formula is C19H32N2O14. The molecule has 0 aromatic rings. The van der Waals surface area contributed by atoms with Crippen molar-refractivity contribution in [1.82, 2.24) is 10.6 Å². The van der Waals surface area contributed by atoms with E-state index in [4.69, 9.17) is 19.3 Å². The second-order valence-corrected chi connectivity index (χ2v) is 8.46. The highest BCUT2D eigenvalue weighted by Gasteiger charge is 2.56. The molecule has 2 amide bonds. The van der Waals surface area contributed by atoms with E-state index in [0.29, 0.717) is 0 Å². The van der Waals surface area contributed by atoms with Crippen LogP contribution in [0.2, 0.25) is 0 Å². The third-order valence-corrected chi connectivity index (χ3v) is 5.76. The monoisotopic (exact) mass is 512 g/mol. The molecule has 0 radical (unpaired) electrons. The second kappa shape index (κ2) is 11.8. The third kappa shape index (κ3) is 6.62. The Morgan fingerprint density at radius 3 is 2.11 bits per heavy atom. The first kappa shape index (κ1) is 29.2. The molecule has 0 bridgehead atoms. The molecule has 11 atom stereocenters. The zero-order valence-electron chi connectivity index (χ0n) is 18.9.